The number of nitrogens with two attached hydrogens (primary N) is 5. The predicted octanol–water partition coefficient (Wildman–Crippen LogP) is 9.37. The maximum atomic E-state index is 12.5. The third-order valence-corrected chi connectivity index (χ3v) is 20.1. The number of aliphatic carboxylic acids is 5. The van der Waals surface area contributed by atoms with Gasteiger partial charge in [-0.15, -0.1) is 0 Å². The minimum Gasteiger partial charge on any atom is -0.480 e. The van der Waals surface area contributed by atoms with Gasteiger partial charge in [0.25, 0.3) is 5.91 Å². The molecule has 0 bridgehead atoms. The normalized spacial score (nSPS) is 13.0. The number of carbonyl (C=O) groups is 9. The Morgan fingerprint density at radius 1 is 0.359 bits per heavy atom. The highest BCUT2D eigenvalue weighted by atomic mass is 32.2. The standard InChI is InChI=1S/C24H24N2O3.C22H22N2O4S.C17H24N2O3.C15H22N2O3.C12H16N2O3/c25-22(24(28)29)15-19-6-8-20(9-7-19)16-26-23(27)21-12-10-18(11-13-21)14-17-4-2-1-3-5-17;23-21(22(25)26)14-16-6-8-17(9-7-16)15-24-29(27,28)20-12-10-19(11-13-20)18-4-2-1-3-5-18;18-15(17(21)22)10-12-6-8-13(9-7-12)11-19-16(20)14-4-2-1-3-5-14;1-10(2)7-14(18)17-9-12-5-3-11(4-6-12)8-13(16)15(19)20;1-8(15)14-7-10-4-2-9(3-5-10)6-11(13)12(16)17/h1-13,22H,14-16,25H2,(H,26,27)(H,28,29);1-13,21,24H,14-15,23H2,(H,25,26);6-9,14-15H,1-5,10-11,18H2,(H,19,20)(H,21,22);3-6,10,13H,7-9,16H2,1-2H3,(H,17,18)(H,19,20);2-5,11H,6-7,13H2,1H3,(H,14,15)(H,16,17)/t22-;21-;15-;13-;11-/m00000/s1. The maximum absolute atomic E-state index is 12.5. The van der Waals surface area contributed by atoms with E-state index in [9.17, 15) is 51.6 Å². The zero-order valence-corrected chi connectivity index (χ0v) is 66.8. The van der Waals surface area contributed by atoms with Crippen molar-refractivity contribution in [2.24, 2.45) is 40.5 Å². The van der Waals surface area contributed by atoms with Gasteiger partial charge in [0.15, 0.2) is 0 Å². The van der Waals surface area contributed by atoms with Gasteiger partial charge >= 0.3 is 29.8 Å². The number of benzene rings is 9. The molecule has 20 N–H and O–H groups in total. The minimum absolute atomic E-state index is 0.0389. The second kappa shape index (κ2) is 49.0. The molecule has 9 aromatic rings. The van der Waals surface area contributed by atoms with Crippen molar-refractivity contribution in [2.75, 3.05) is 0 Å². The number of carboxylic acid groups (broad SMARTS) is 5. The molecular formula is C90H108N10O16S. The van der Waals surface area contributed by atoms with Crippen molar-refractivity contribution in [1.82, 2.24) is 26.0 Å². The van der Waals surface area contributed by atoms with Crippen LogP contribution in [0.3, 0.4) is 0 Å². The van der Waals surface area contributed by atoms with Crippen LogP contribution >= 0.6 is 0 Å². The molecule has 1 aliphatic rings. The molecule has 10 rings (SSSR count). The number of hydrogen-bond acceptors (Lipinski definition) is 16. The Balaban J connectivity index is 0.000000231. The Morgan fingerprint density at radius 2 is 0.667 bits per heavy atom. The lowest BCUT2D eigenvalue weighted by Gasteiger charge is -2.20. The van der Waals surface area contributed by atoms with Crippen molar-refractivity contribution in [1.29, 1.82) is 0 Å². The molecule has 1 aliphatic carbocycles. The summed E-state index contributed by atoms with van der Waals surface area (Å²) in [4.78, 5) is 100. The lowest BCUT2D eigenvalue weighted by atomic mass is 9.88. The molecule has 0 saturated heterocycles. The largest absolute Gasteiger partial charge is 0.480 e. The summed E-state index contributed by atoms with van der Waals surface area (Å²) < 4.78 is 27.7. The molecule has 117 heavy (non-hydrogen) atoms. The SMILES string of the molecule is CC(=O)NCc1ccc(C[C@H](N)C(=O)O)cc1.CC(C)CC(=O)NCc1ccc(C[C@H](N)C(=O)O)cc1.N[C@@H](Cc1ccc(CNC(=O)C2CCCCC2)cc1)C(=O)O.N[C@@H](Cc1ccc(CNC(=O)c2ccc(Cc3ccccc3)cc2)cc1)C(=O)O.N[C@@H](Cc1ccc(CNS(=O)(=O)c2ccc(-c3ccccc3)cc2)cc1)C(=O)O. The van der Waals surface area contributed by atoms with E-state index >= 15 is 0 Å². The van der Waals surface area contributed by atoms with Crippen LogP contribution in [0.4, 0.5) is 0 Å². The van der Waals surface area contributed by atoms with E-state index in [0.29, 0.717) is 63.3 Å². The van der Waals surface area contributed by atoms with Gasteiger partial charge in [-0.1, -0.05) is 239 Å². The smallest absolute Gasteiger partial charge is 0.320 e. The highest BCUT2D eigenvalue weighted by Crippen LogP contribution is 2.25. The van der Waals surface area contributed by atoms with Crippen LogP contribution in [0, 0.1) is 11.8 Å². The van der Waals surface area contributed by atoms with Crippen molar-refractivity contribution in [3.05, 3.63) is 303 Å². The first-order valence-corrected chi connectivity index (χ1v) is 39.9. The van der Waals surface area contributed by atoms with E-state index in [1.54, 1.807) is 48.5 Å². The fraction of sp³-hybridized carbons (Fsp3) is 0.300. The molecule has 0 aromatic heterocycles. The number of rotatable bonds is 34. The number of sulfonamides is 1. The van der Waals surface area contributed by atoms with Crippen LogP contribution in [0.15, 0.2) is 235 Å². The molecule has 5 atom stereocenters. The van der Waals surface area contributed by atoms with E-state index in [1.807, 2.05) is 184 Å². The second-order valence-corrected chi connectivity index (χ2v) is 30.7. The van der Waals surface area contributed by atoms with Gasteiger partial charge in [0.05, 0.1) is 4.90 Å². The Hall–Kier alpha value is -12.1. The number of hydrogen-bond donors (Lipinski definition) is 15. The quantitative estimate of drug-likeness (QED) is 0.0178. The highest BCUT2D eigenvalue weighted by molar-refractivity contribution is 7.89. The number of carboxylic acids is 5. The Morgan fingerprint density at radius 3 is 1.03 bits per heavy atom. The van der Waals surface area contributed by atoms with Gasteiger partial charge in [-0.25, -0.2) is 13.1 Å². The molecule has 27 heteroatoms. The second-order valence-electron chi connectivity index (χ2n) is 28.9. The predicted molar refractivity (Wildman–Crippen MR) is 449 cm³/mol. The van der Waals surface area contributed by atoms with E-state index in [0.717, 1.165) is 104 Å². The molecule has 0 radical (unpaired) electrons. The molecule has 1 saturated carbocycles. The van der Waals surface area contributed by atoms with Gasteiger partial charge in [0.1, 0.15) is 30.2 Å². The van der Waals surface area contributed by atoms with E-state index in [-0.39, 0.29) is 53.8 Å². The summed E-state index contributed by atoms with van der Waals surface area (Å²) in [6, 6.07) is 66.5. The van der Waals surface area contributed by atoms with E-state index in [4.69, 9.17) is 54.2 Å². The van der Waals surface area contributed by atoms with Gasteiger partial charge in [-0.3, -0.25) is 43.2 Å². The van der Waals surface area contributed by atoms with Gasteiger partial charge < -0.3 is 75.5 Å². The molecule has 0 heterocycles. The van der Waals surface area contributed by atoms with Crippen LogP contribution in [-0.2, 0) is 120 Å². The van der Waals surface area contributed by atoms with Crippen molar-refractivity contribution in [3.63, 3.8) is 0 Å². The van der Waals surface area contributed by atoms with Crippen LogP contribution in [0.25, 0.3) is 11.1 Å². The summed E-state index contributed by atoms with van der Waals surface area (Å²) in [6.45, 7) is 7.46. The van der Waals surface area contributed by atoms with E-state index in [2.05, 4.69) is 38.1 Å². The lowest BCUT2D eigenvalue weighted by Crippen LogP contribution is -2.32. The van der Waals surface area contributed by atoms with Crippen LogP contribution in [0.5, 0.6) is 0 Å². The van der Waals surface area contributed by atoms with Gasteiger partial charge in [-0.05, 0) is 159 Å². The van der Waals surface area contributed by atoms with Crippen molar-refractivity contribution in [2.45, 2.75) is 166 Å². The number of carbonyl (C=O) groups excluding carboxylic acids is 4. The molecule has 0 spiro atoms. The van der Waals surface area contributed by atoms with Gasteiger partial charge in [0, 0.05) is 57.5 Å². The molecule has 4 amide bonds. The zero-order chi connectivity index (χ0) is 85.4. The Kier molecular flexibility index (Phi) is 39.3. The average molecular weight is 1620 g/mol. The monoisotopic (exact) mass is 1620 g/mol. The average Bonchev–Trinajstić information content (AvgIpc) is 0.820. The Labute approximate surface area is 683 Å². The molecule has 9 aromatic carbocycles. The highest BCUT2D eigenvalue weighted by Gasteiger charge is 2.22. The van der Waals surface area contributed by atoms with Crippen molar-refractivity contribution < 1.29 is 77.1 Å². The molecular weight excluding hydrogens is 1510 g/mol. The molecule has 26 nitrogen and oxygen atoms in total. The molecule has 1 fully saturated rings. The van der Waals surface area contributed by atoms with E-state index < -0.39 is 70.1 Å². The first-order valence-electron chi connectivity index (χ1n) is 38.5. The zero-order valence-electron chi connectivity index (χ0n) is 66.0. The van der Waals surface area contributed by atoms with Crippen LogP contribution in [-0.4, -0.2) is 118 Å². The lowest BCUT2D eigenvalue weighted by molar-refractivity contribution is -0.139. The topological polar surface area (TPSA) is 479 Å². The summed E-state index contributed by atoms with van der Waals surface area (Å²) >= 11 is 0. The summed E-state index contributed by atoms with van der Waals surface area (Å²) in [5.74, 6) is -4.59. The molecule has 0 aliphatic heterocycles. The van der Waals surface area contributed by atoms with Gasteiger partial charge in [-0.2, -0.15) is 0 Å². The third-order valence-electron chi connectivity index (χ3n) is 18.7. The fourth-order valence-electron chi connectivity index (χ4n) is 11.8. The van der Waals surface area contributed by atoms with E-state index in [1.165, 1.54) is 18.9 Å². The van der Waals surface area contributed by atoms with Crippen molar-refractivity contribution in [3.8, 4) is 11.1 Å². The summed E-state index contributed by atoms with van der Waals surface area (Å²) in [6.07, 6.45) is 8.29. The fourth-order valence-corrected chi connectivity index (χ4v) is 12.9. The Bertz CT molecular complexity index is 4730. The summed E-state index contributed by atoms with van der Waals surface area (Å²) in [7, 11) is -3.65. The first kappa shape index (κ1) is 93.8. The van der Waals surface area contributed by atoms with Crippen LogP contribution in [0.2, 0.25) is 0 Å². The third kappa shape index (κ3) is 35.7. The maximum Gasteiger partial charge on any atom is 0.320 e. The first-order chi connectivity index (χ1) is 55.8. The number of nitrogens with one attached hydrogen (secondary N) is 5. The summed E-state index contributed by atoms with van der Waals surface area (Å²) in [5, 5.41) is 55.4. The molecule has 620 valence electrons. The number of amides is 4. The summed E-state index contributed by atoms with van der Waals surface area (Å²) in [5.41, 5.74) is 41.4. The van der Waals surface area contributed by atoms with Crippen LogP contribution < -0.4 is 54.7 Å². The van der Waals surface area contributed by atoms with Crippen LogP contribution in [0.1, 0.15) is 136 Å². The minimum atomic E-state index is -3.65. The van der Waals surface area contributed by atoms with Crippen molar-refractivity contribution >= 4 is 63.5 Å². The van der Waals surface area contributed by atoms with Gasteiger partial charge in [0.2, 0.25) is 27.7 Å². The molecule has 0 unspecified atom stereocenters.